The standard InChI is InChI=1S/C13H20N2O2/c1-2-15(8-3-9-16)13(17)10-11-4-6-12(14)7-5-11/h4-7,16H,2-3,8-10,14H2,1H3. The van der Waals surface area contributed by atoms with E-state index in [0.29, 0.717) is 31.6 Å². The van der Waals surface area contributed by atoms with Crippen molar-refractivity contribution in [1.29, 1.82) is 0 Å². The van der Waals surface area contributed by atoms with E-state index in [9.17, 15) is 4.79 Å². The van der Waals surface area contributed by atoms with E-state index in [4.69, 9.17) is 10.8 Å². The molecule has 0 aliphatic rings. The third-order valence-electron chi connectivity index (χ3n) is 2.66. The Morgan fingerprint density at radius 2 is 2.00 bits per heavy atom. The lowest BCUT2D eigenvalue weighted by Crippen LogP contribution is -2.33. The van der Waals surface area contributed by atoms with Crippen molar-refractivity contribution >= 4 is 11.6 Å². The molecule has 0 saturated heterocycles. The van der Waals surface area contributed by atoms with Crippen LogP contribution in [0.15, 0.2) is 24.3 Å². The van der Waals surface area contributed by atoms with E-state index < -0.39 is 0 Å². The van der Waals surface area contributed by atoms with Gasteiger partial charge >= 0.3 is 0 Å². The molecule has 1 rings (SSSR count). The zero-order valence-corrected chi connectivity index (χ0v) is 10.2. The summed E-state index contributed by atoms with van der Waals surface area (Å²) in [7, 11) is 0. The van der Waals surface area contributed by atoms with Gasteiger partial charge in [0.1, 0.15) is 0 Å². The molecule has 0 bridgehead atoms. The summed E-state index contributed by atoms with van der Waals surface area (Å²) >= 11 is 0. The number of hydrogen-bond donors (Lipinski definition) is 2. The van der Waals surface area contributed by atoms with E-state index in [0.717, 1.165) is 5.56 Å². The zero-order valence-electron chi connectivity index (χ0n) is 10.2. The summed E-state index contributed by atoms with van der Waals surface area (Å²) in [6.07, 6.45) is 1.01. The molecule has 0 aliphatic heterocycles. The van der Waals surface area contributed by atoms with Crippen molar-refractivity contribution in [3.05, 3.63) is 29.8 Å². The number of carbonyl (C=O) groups is 1. The van der Waals surface area contributed by atoms with Gasteiger partial charge in [-0.2, -0.15) is 0 Å². The van der Waals surface area contributed by atoms with Crippen molar-refractivity contribution in [2.24, 2.45) is 0 Å². The summed E-state index contributed by atoms with van der Waals surface area (Å²) in [5.74, 6) is 0.0886. The van der Waals surface area contributed by atoms with Crippen molar-refractivity contribution in [3.8, 4) is 0 Å². The molecule has 0 radical (unpaired) electrons. The first-order valence-corrected chi connectivity index (χ1v) is 5.90. The highest BCUT2D eigenvalue weighted by Crippen LogP contribution is 2.07. The second-order valence-electron chi connectivity index (χ2n) is 3.97. The van der Waals surface area contributed by atoms with Crippen LogP contribution in [0.2, 0.25) is 0 Å². The minimum Gasteiger partial charge on any atom is -0.399 e. The normalized spacial score (nSPS) is 10.2. The molecule has 0 aromatic heterocycles. The van der Waals surface area contributed by atoms with Gasteiger partial charge in [-0.25, -0.2) is 0 Å². The molecule has 4 nitrogen and oxygen atoms in total. The highest BCUT2D eigenvalue weighted by Gasteiger charge is 2.11. The molecule has 0 fully saturated rings. The number of nitrogens with two attached hydrogens (primary N) is 1. The molecule has 0 aliphatic carbocycles. The minimum absolute atomic E-state index is 0.0886. The van der Waals surface area contributed by atoms with Crippen molar-refractivity contribution < 1.29 is 9.90 Å². The Bertz CT molecular complexity index is 349. The van der Waals surface area contributed by atoms with Crippen molar-refractivity contribution in [3.63, 3.8) is 0 Å². The van der Waals surface area contributed by atoms with E-state index in [1.165, 1.54) is 0 Å². The fourth-order valence-electron chi connectivity index (χ4n) is 1.64. The molecule has 0 spiro atoms. The molecule has 1 aromatic rings. The average molecular weight is 236 g/mol. The topological polar surface area (TPSA) is 66.6 Å². The maximum Gasteiger partial charge on any atom is 0.226 e. The van der Waals surface area contributed by atoms with E-state index in [2.05, 4.69) is 0 Å². The monoisotopic (exact) mass is 236 g/mol. The van der Waals surface area contributed by atoms with Crippen LogP contribution in [0.3, 0.4) is 0 Å². The van der Waals surface area contributed by atoms with Gasteiger partial charge in [0.15, 0.2) is 0 Å². The number of nitrogens with zero attached hydrogens (tertiary/aromatic N) is 1. The summed E-state index contributed by atoms with van der Waals surface area (Å²) in [4.78, 5) is 13.7. The molecule has 1 aromatic carbocycles. The molecule has 17 heavy (non-hydrogen) atoms. The first-order chi connectivity index (χ1) is 8.17. The Labute approximate surface area is 102 Å². The van der Waals surface area contributed by atoms with Crippen LogP contribution >= 0.6 is 0 Å². The quantitative estimate of drug-likeness (QED) is 0.725. The number of hydrogen-bond acceptors (Lipinski definition) is 3. The predicted molar refractivity (Wildman–Crippen MR) is 68.5 cm³/mol. The minimum atomic E-state index is 0.0886. The number of likely N-dealkylation sites (N-methyl/N-ethyl adjacent to an activating group) is 1. The van der Waals surface area contributed by atoms with Crippen LogP contribution in [-0.4, -0.2) is 35.6 Å². The summed E-state index contributed by atoms with van der Waals surface area (Å²) in [6.45, 7) is 3.35. The lowest BCUT2D eigenvalue weighted by molar-refractivity contribution is -0.130. The summed E-state index contributed by atoms with van der Waals surface area (Å²) in [5.41, 5.74) is 7.25. The third kappa shape index (κ3) is 4.44. The van der Waals surface area contributed by atoms with Gasteiger partial charge in [-0.05, 0) is 31.0 Å². The second-order valence-corrected chi connectivity index (χ2v) is 3.97. The molecule has 94 valence electrons. The van der Waals surface area contributed by atoms with Gasteiger partial charge in [0.05, 0.1) is 6.42 Å². The van der Waals surface area contributed by atoms with Gasteiger partial charge < -0.3 is 15.7 Å². The molecule has 0 heterocycles. The van der Waals surface area contributed by atoms with Crippen LogP contribution in [0.4, 0.5) is 5.69 Å². The lowest BCUT2D eigenvalue weighted by atomic mass is 10.1. The Morgan fingerprint density at radius 3 is 2.53 bits per heavy atom. The van der Waals surface area contributed by atoms with Gasteiger partial charge in [0.2, 0.25) is 5.91 Å². The highest BCUT2D eigenvalue weighted by molar-refractivity contribution is 5.78. The van der Waals surface area contributed by atoms with Crippen LogP contribution in [0.5, 0.6) is 0 Å². The highest BCUT2D eigenvalue weighted by atomic mass is 16.3. The van der Waals surface area contributed by atoms with Gasteiger partial charge in [-0.3, -0.25) is 4.79 Å². The van der Waals surface area contributed by atoms with Crippen molar-refractivity contribution in [2.75, 3.05) is 25.4 Å². The smallest absolute Gasteiger partial charge is 0.226 e. The summed E-state index contributed by atoms with van der Waals surface area (Å²) in [6, 6.07) is 7.33. The average Bonchev–Trinajstić information content (AvgIpc) is 2.33. The number of aliphatic hydroxyl groups is 1. The Hall–Kier alpha value is -1.55. The third-order valence-corrected chi connectivity index (χ3v) is 2.66. The van der Waals surface area contributed by atoms with Crippen LogP contribution in [0.1, 0.15) is 18.9 Å². The van der Waals surface area contributed by atoms with Crippen LogP contribution in [-0.2, 0) is 11.2 Å². The Morgan fingerprint density at radius 1 is 1.35 bits per heavy atom. The molecule has 1 amide bonds. The van der Waals surface area contributed by atoms with Crippen LogP contribution in [0, 0.1) is 0 Å². The number of anilines is 1. The Balaban J connectivity index is 2.54. The van der Waals surface area contributed by atoms with Gasteiger partial charge in [-0.1, -0.05) is 12.1 Å². The first-order valence-electron chi connectivity index (χ1n) is 5.90. The number of carbonyl (C=O) groups excluding carboxylic acids is 1. The SMILES string of the molecule is CCN(CCCO)C(=O)Cc1ccc(N)cc1. The largest absolute Gasteiger partial charge is 0.399 e. The van der Waals surface area contributed by atoms with Crippen LogP contribution < -0.4 is 5.73 Å². The molecule has 0 saturated carbocycles. The fourth-order valence-corrected chi connectivity index (χ4v) is 1.64. The summed E-state index contributed by atoms with van der Waals surface area (Å²) in [5, 5.41) is 8.76. The van der Waals surface area contributed by atoms with Crippen molar-refractivity contribution in [1.82, 2.24) is 4.90 Å². The Kier molecular flexibility index (Phi) is 5.49. The number of benzene rings is 1. The summed E-state index contributed by atoms with van der Waals surface area (Å²) < 4.78 is 0. The number of aliphatic hydroxyl groups excluding tert-OH is 1. The molecule has 0 atom stereocenters. The van der Waals surface area contributed by atoms with Crippen molar-refractivity contribution in [2.45, 2.75) is 19.8 Å². The molecular formula is C13H20N2O2. The van der Waals surface area contributed by atoms with E-state index >= 15 is 0 Å². The van der Waals surface area contributed by atoms with Gasteiger partial charge in [-0.15, -0.1) is 0 Å². The molecule has 4 heteroatoms. The fraction of sp³-hybridized carbons (Fsp3) is 0.462. The first kappa shape index (κ1) is 13.5. The van der Waals surface area contributed by atoms with Gasteiger partial charge in [0, 0.05) is 25.4 Å². The number of amides is 1. The van der Waals surface area contributed by atoms with E-state index in [1.807, 2.05) is 19.1 Å². The van der Waals surface area contributed by atoms with E-state index in [-0.39, 0.29) is 12.5 Å². The lowest BCUT2D eigenvalue weighted by Gasteiger charge is -2.20. The number of nitrogen functional groups attached to an aromatic ring is 1. The zero-order chi connectivity index (χ0) is 12.7. The number of rotatable bonds is 6. The van der Waals surface area contributed by atoms with Crippen LogP contribution in [0.25, 0.3) is 0 Å². The molecule has 3 N–H and O–H groups in total. The second kappa shape index (κ2) is 6.91. The maximum atomic E-state index is 11.9. The van der Waals surface area contributed by atoms with E-state index in [1.54, 1.807) is 17.0 Å². The molecule has 0 unspecified atom stereocenters. The molecular weight excluding hydrogens is 216 g/mol. The predicted octanol–water partition coefficient (Wildman–Crippen LogP) is 1.04. The maximum absolute atomic E-state index is 11.9. The van der Waals surface area contributed by atoms with Gasteiger partial charge in [0.25, 0.3) is 0 Å².